The van der Waals surface area contributed by atoms with E-state index in [4.69, 9.17) is 17.7 Å². The van der Waals surface area contributed by atoms with E-state index < -0.39 is 0 Å². The zero-order chi connectivity index (χ0) is 25.4. The fourth-order valence-electron chi connectivity index (χ4n) is 7.85. The van der Waals surface area contributed by atoms with E-state index in [1.807, 2.05) is 12.1 Å². The summed E-state index contributed by atoms with van der Waals surface area (Å²) in [5, 5.41) is 14.9. The van der Waals surface area contributed by atoms with Gasteiger partial charge in [0.1, 0.15) is 44.7 Å². The number of benzene rings is 7. The molecule has 0 unspecified atom stereocenters. The molecule has 0 bridgehead atoms. The van der Waals surface area contributed by atoms with Crippen LogP contribution in [0, 0.1) is 0 Å². The van der Waals surface area contributed by atoms with Crippen LogP contribution in [-0.2, 0) is 0 Å². The Morgan fingerprint density at radius 2 is 0.500 bits per heavy atom. The zero-order valence-electron chi connectivity index (χ0n) is 20.7. The van der Waals surface area contributed by atoms with Crippen LogP contribution < -0.4 is 0 Å². The Morgan fingerprint density at radius 1 is 0.250 bits per heavy atom. The molecule has 0 saturated carbocycles. The second-order valence-electron chi connectivity index (χ2n) is 11.1. The van der Waals surface area contributed by atoms with Crippen molar-refractivity contribution < 1.29 is 17.7 Å². The van der Waals surface area contributed by atoms with Gasteiger partial charge in [-0.15, -0.1) is 0 Å². The minimum Gasteiger partial charge on any atom is -0.455 e. The van der Waals surface area contributed by atoms with Crippen molar-refractivity contribution in [2.45, 2.75) is 0 Å². The second-order valence-corrected chi connectivity index (χ2v) is 11.1. The zero-order valence-corrected chi connectivity index (χ0v) is 20.7. The van der Waals surface area contributed by atoms with Crippen molar-refractivity contribution in [3.05, 3.63) is 84.9 Å². The van der Waals surface area contributed by atoms with Gasteiger partial charge >= 0.3 is 0 Å². The fourth-order valence-corrected chi connectivity index (χ4v) is 7.85. The van der Waals surface area contributed by atoms with E-state index >= 15 is 0 Å². The molecule has 0 spiro atoms. The molecule has 182 valence electrons. The fraction of sp³-hybridized carbons (Fsp3) is 0. The molecule has 4 nitrogen and oxygen atoms in total. The maximum Gasteiger partial charge on any atom is 0.144 e. The van der Waals surface area contributed by atoms with Gasteiger partial charge in [0.05, 0.1) is 0 Å². The molecule has 8 aromatic carbocycles. The Hall–Kier alpha value is -5.48. The summed E-state index contributed by atoms with van der Waals surface area (Å²) in [6.07, 6.45) is 0. The van der Waals surface area contributed by atoms with Gasteiger partial charge in [-0.3, -0.25) is 0 Å². The molecule has 4 heterocycles. The highest BCUT2D eigenvalue weighted by Gasteiger charge is 2.32. The summed E-state index contributed by atoms with van der Waals surface area (Å²) in [7, 11) is 0. The van der Waals surface area contributed by atoms with Gasteiger partial charge in [0.25, 0.3) is 0 Å². The number of fused-ring (bicyclic) bond motifs is 9. The highest BCUT2D eigenvalue weighted by molar-refractivity contribution is 6.50. The minimum atomic E-state index is 0.850. The lowest BCUT2D eigenvalue weighted by Crippen LogP contribution is -1.83. The standard InChI is InChI=1S/C36H14O4/c1-3-9-17-15(7-1)31-25-23-21(37-31)13-14-22-24(23)26-28-30-29-27(25)33(17)39-35(29)19-11-5-6-12-20(19)36(30)40-34(28)18-10-4-2-8-16(18)32(26)38-22/h1-14H. The van der Waals surface area contributed by atoms with E-state index in [2.05, 4.69) is 72.8 Å². The first-order valence-corrected chi connectivity index (χ1v) is 13.5. The van der Waals surface area contributed by atoms with Gasteiger partial charge in [0.2, 0.25) is 0 Å². The largest absolute Gasteiger partial charge is 0.455 e. The lowest BCUT2D eigenvalue weighted by molar-refractivity contribution is 0.664. The van der Waals surface area contributed by atoms with E-state index in [9.17, 15) is 0 Å². The summed E-state index contributed by atoms with van der Waals surface area (Å²) >= 11 is 0. The van der Waals surface area contributed by atoms with Crippen molar-refractivity contribution in [2.75, 3.05) is 0 Å². The van der Waals surface area contributed by atoms with Gasteiger partial charge in [-0.1, -0.05) is 72.8 Å². The van der Waals surface area contributed by atoms with Crippen LogP contribution in [0.2, 0.25) is 0 Å². The first-order valence-electron chi connectivity index (χ1n) is 13.5. The van der Waals surface area contributed by atoms with Gasteiger partial charge in [-0.2, -0.15) is 0 Å². The van der Waals surface area contributed by atoms with Gasteiger partial charge in [-0.25, -0.2) is 0 Å². The van der Waals surface area contributed by atoms with E-state index in [1.54, 1.807) is 0 Å². The molecule has 4 heteroatoms. The van der Waals surface area contributed by atoms with Crippen LogP contribution in [-0.4, -0.2) is 0 Å². The van der Waals surface area contributed by atoms with Crippen molar-refractivity contribution in [3.8, 4) is 0 Å². The van der Waals surface area contributed by atoms with E-state index in [0.717, 1.165) is 120 Å². The predicted molar refractivity (Wildman–Crippen MR) is 162 cm³/mol. The highest BCUT2D eigenvalue weighted by Crippen LogP contribution is 2.56. The van der Waals surface area contributed by atoms with E-state index in [0.29, 0.717) is 0 Å². The van der Waals surface area contributed by atoms with Crippen molar-refractivity contribution in [2.24, 2.45) is 0 Å². The normalized spacial score (nSPS) is 13.5. The molecule has 0 atom stereocenters. The molecule has 0 amide bonds. The predicted octanol–water partition coefficient (Wildman–Crippen LogP) is 11.1. The third kappa shape index (κ3) is 1.73. The molecule has 4 aromatic heterocycles. The summed E-state index contributed by atoms with van der Waals surface area (Å²) in [6, 6.07) is 29.3. The third-order valence-electron chi connectivity index (χ3n) is 9.32. The van der Waals surface area contributed by atoms with Crippen LogP contribution in [0.1, 0.15) is 0 Å². The van der Waals surface area contributed by atoms with Crippen LogP contribution in [0.3, 0.4) is 0 Å². The van der Waals surface area contributed by atoms with Crippen molar-refractivity contribution in [3.63, 3.8) is 0 Å². The summed E-state index contributed by atoms with van der Waals surface area (Å²) in [5.41, 5.74) is 7.00. The van der Waals surface area contributed by atoms with Gasteiger partial charge in [0, 0.05) is 75.4 Å². The molecule has 0 radical (unpaired) electrons. The summed E-state index contributed by atoms with van der Waals surface area (Å²) in [4.78, 5) is 0. The topological polar surface area (TPSA) is 52.6 Å². The molecule has 0 aliphatic carbocycles. The van der Waals surface area contributed by atoms with Gasteiger partial charge < -0.3 is 17.7 Å². The summed E-state index contributed by atoms with van der Waals surface area (Å²) in [6.45, 7) is 0. The maximum absolute atomic E-state index is 6.97. The Labute approximate surface area is 222 Å². The van der Waals surface area contributed by atoms with E-state index in [-0.39, 0.29) is 0 Å². The van der Waals surface area contributed by atoms with E-state index in [1.165, 1.54) is 0 Å². The van der Waals surface area contributed by atoms with Gasteiger partial charge in [0.15, 0.2) is 0 Å². The first-order chi connectivity index (χ1) is 19.9. The Morgan fingerprint density at radius 3 is 0.800 bits per heavy atom. The Balaban J connectivity index is 1.64. The second kappa shape index (κ2) is 5.75. The van der Waals surface area contributed by atoms with Crippen LogP contribution in [0.5, 0.6) is 0 Å². The average Bonchev–Trinajstić information content (AvgIpc) is 3.75. The molecule has 12 aromatic rings. The number of rotatable bonds is 0. The Bertz CT molecular complexity index is 2820. The van der Waals surface area contributed by atoms with Crippen molar-refractivity contribution in [1.82, 2.24) is 0 Å². The lowest BCUT2D eigenvalue weighted by atomic mass is 9.90. The highest BCUT2D eigenvalue weighted by atomic mass is 16.4. The SMILES string of the molecule is c1ccc2c(c1)c1oc3ccc4oc5c6ccccc6c6oc7c8ccccc8c8oc2c2c1c3c4c5c6c7c82. The molecule has 0 saturated heterocycles. The Kier molecular flexibility index (Phi) is 2.69. The molecule has 0 aliphatic rings. The minimum absolute atomic E-state index is 0.850. The molecular formula is C36H14O4. The lowest BCUT2D eigenvalue weighted by Gasteiger charge is -2.06. The molecule has 0 aliphatic heterocycles. The summed E-state index contributed by atoms with van der Waals surface area (Å²) in [5.74, 6) is 0. The van der Waals surface area contributed by atoms with Crippen LogP contribution >= 0.6 is 0 Å². The molecule has 0 fully saturated rings. The maximum atomic E-state index is 6.97. The van der Waals surface area contributed by atoms with Crippen molar-refractivity contribution in [1.29, 1.82) is 0 Å². The van der Waals surface area contributed by atoms with Crippen LogP contribution in [0.25, 0.3) is 120 Å². The smallest absolute Gasteiger partial charge is 0.144 e. The quantitative estimate of drug-likeness (QED) is 0.204. The monoisotopic (exact) mass is 510 g/mol. The van der Waals surface area contributed by atoms with Crippen LogP contribution in [0.15, 0.2) is 103 Å². The number of furan rings is 4. The first kappa shape index (κ1) is 18.7. The van der Waals surface area contributed by atoms with Crippen LogP contribution in [0.4, 0.5) is 0 Å². The summed E-state index contributed by atoms with van der Waals surface area (Å²) < 4.78 is 27.4. The van der Waals surface area contributed by atoms with Gasteiger partial charge in [-0.05, 0) is 12.1 Å². The number of hydrogen-bond acceptors (Lipinski definition) is 4. The third-order valence-corrected chi connectivity index (χ3v) is 9.32. The van der Waals surface area contributed by atoms with Crippen molar-refractivity contribution >= 4 is 120 Å². The molecule has 12 rings (SSSR count). The molecule has 40 heavy (non-hydrogen) atoms. The molecular weight excluding hydrogens is 496 g/mol. The number of hydrogen-bond donors (Lipinski definition) is 0. The molecule has 0 N–H and O–H groups in total. The average molecular weight is 511 g/mol.